The first kappa shape index (κ1) is 12.8. The van der Waals surface area contributed by atoms with Crippen molar-refractivity contribution in [3.8, 4) is 0 Å². The normalized spacial score (nSPS) is 28.4. The van der Waals surface area contributed by atoms with Crippen molar-refractivity contribution in [3.05, 3.63) is 0 Å². The van der Waals surface area contributed by atoms with Gasteiger partial charge in [-0.25, -0.2) is 4.79 Å². The zero-order valence-electron chi connectivity index (χ0n) is 10.4. The summed E-state index contributed by atoms with van der Waals surface area (Å²) >= 11 is 0. The molecule has 0 bridgehead atoms. The highest BCUT2D eigenvalue weighted by atomic mass is 16.2. The van der Waals surface area contributed by atoms with Gasteiger partial charge in [-0.3, -0.25) is 14.9 Å². The molecule has 2 rings (SSSR count). The average Bonchev–Trinajstić information content (AvgIpc) is 2.84. The molecule has 2 atom stereocenters. The molecule has 4 amide bonds. The largest absolute Gasteiger partial charge is 0.338 e. The van der Waals surface area contributed by atoms with Crippen LogP contribution in [0.2, 0.25) is 0 Å². The van der Waals surface area contributed by atoms with Crippen LogP contribution in [0.1, 0.15) is 26.2 Å². The first-order chi connectivity index (χ1) is 8.48. The molecule has 4 N–H and O–H groups in total. The summed E-state index contributed by atoms with van der Waals surface area (Å²) in [5.41, 5.74) is 4.83. The van der Waals surface area contributed by atoms with Gasteiger partial charge in [0.1, 0.15) is 5.54 Å². The van der Waals surface area contributed by atoms with E-state index in [1.807, 2.05) is 6.92 Å². The number of urea groups is 1. The van der Waals surface area contributed by atoms with Crippen molar-refractivity contribution in [1.29, 1.82) is 0 Å². The zero-order valence-corrected chi connectivity index (χ0v) is 10.4. The molecule has 1 unspecified atom stereocenters. The van der Waals surface area contributed by atoms with Gasteiger partial charge < -0.3 is 16.0 Å². The summed E-state index contributed by atoms with van der Waals surface area (Å²) in [5, 5.41) is 4.81. The molecule has 2 heterocycles. The van der Waals surface area contributed by atoms with Crippen molar-refractivity contribution in [2.45, 2.75) is 37.8 Å². The summed E-state index contributed by atoms with van der Waals surface area (Å²) in [6.45, 7) is 2.62. The summed E-state index contributed by atoms with van der Waals surface area (Å²) in [6.07, 6.45) is 1.90. The van der Waals surface area contributed by atoms with E-state index in [1.54, 1.807) is 4.90 Å². The van der Waals surface area contributed by atoms with E-state index in [4.69, 9.17) is 5.73 Å². The number of carbonyl (C=O) groups excluding carboxylic acids is 3. The van der Waals surface area contributed by atoms with Gasteiger partial charge >= 0.3 is 6.03 Å². The van der Waals surface area contributed by atoms with Crippen LogP contribution < -0.4 is 16.4 Å². The molecule has 0 aromatic heterocycles. The van der Waals surface area contributed by atoms with Crippen molar-refractivity contribution in [2.24, 2.45) is 5.73 Å². The van der Waals surface area contributed by atoms with E-state index in [9.17, 15) is 14.4 Å². The maximum Gasteiger partial charge on any atom is 0.322 e. The van der Waals surface area contributed by atoms with E-state index in [1.165, 1.54) is 0 Å². The molecule has 100 valence electrons. The predicted molar refractivity (Wildman–Crippen MR) is 63.5 cm³/mol. The Hall–Kier alpha value is -1.63. The lowest BCUT2D eigenvalue weighted by molar-refractivity contribution is -0.132. The zero-order chi connectivity index (χ0) is 13.3. The number of hydrogen-bond donors (Lipinski definition) is 3. The molecule has 0 aliphatic carbocycles. The maximum absolute atomic E-state index is 12.0. The minimum atomic E-state index is -0.946. The molecule has 2 saturated heterocycles. The Morgan fingerprint density at radius 2 is 2.28 bits per heavy atom. The van der Waals surface area contributed by atoms with E-state index in [2.05, 4.69) is 10.6 Å². The van der Waals surface area contributed by atoms with Crippen molar-refractivity contribution in [2.75, 3.05) is 13.1 Å². The van der Waals surface area contributed by atoms with Gasteiger partial charge in [-0.15, -0.1) is 0 Å². The number of nitrogens with zero attached hydrogens (tertiary/aromatic N) is 1. The third-order valence-electron chi connectivity index (χ3n) is 3.51. The molecule has 2 fully saturated rings. The van der Waals surface area contributed by atoms with Crippen molar-refractivity contribution in [1.82, 2.24) is 15.5 Å². The molecule has 2 aliphatic rings. The molecule has 0 aromatic rings. The number of nitrogens with two attached hydrogens (primary N) is 1. The Kier molecular flexibility index (Phi) is 3.25. The van der Waals surface area contributed by atoms with Gasteiger partial charge in [0.15, 0.2) is 0 Å². The molecule has 1 spiro atoms. The minimum absolute atomic E-state index is 0.150. The molecular formula is C11H18N4O3. The van der Waals surface area contributed by atoms with Crippen LogP contribution in [-0.2, 0) is 9.59 Å². The van der Waals surface area contributed by atoms with Gasteiger partial charge in [-0.2, -0.15) is 0 Å². The maximum atomic E-state index is 12.0. The number of rotatable bonds is 3. The van der Waals surface area contributed by atoms with E-state index in [0.29, 0.717) is 19.4 Å². The van der Waals surface area contributed by atoms with Crippen molar-refractivity contribution < 1.29 is 14.4 Å². The highest BCUT2D eigenvalue weighted by Crippen LogP contribution is 2.25. The minimum Gasteiger partial charge on any atom is -0.338 e. The lowest BCUT2D eigenvalue weighted by Gasteiger charge is -2.23. The third kappa shape index (κ3) is 2.05. The van der Waals surface area contributed by atoms with E-state index >= 15 is 0 Å². The monoisotopic (exact) mass is 254 g/mol. The Balaban J connectivity index is 2.02. The number of hydrogen-bond acceptors (Lipinski definition) is 4. The summed E-state index contributed by atoms with van der Waals surface area (Å²) < 4.78 is 0. The van der Waals surface area contributed by atoms with Gasteiger partial charge in [-0.1, -0.05) is 13.3 Å². The van der Waals surface area contributed by atoms with Crippen LogP contribution in [-0.4, -0.2) is 47.4 Å². The number of carbonyl (C=O) groups is 3. The van der Waals surface area contributed by atoms with Crippen molar-refractivity contribution in [3.63, 3.8) is 0 Å². The van der Waals surface area contributed by atoms with Crippen LogP contribution >= 0.6 is 0 Å². The third-order valence-corrected chi connectivity index (χ3v) is 3.51. The first-order valence-electron chi connectivity index (χ1n) is 6.16. The number of likely N-dealkylation sites (tertiary alicyclic amines) is 1. The quantitative estimate of drug-likeness (QED) is 0.557. The highest BCUT2D eigenvalue weighted by Gasteiger charge is 2.51. The number of amides is 4. The van der Waals surface area contributed by atoms with Crippen LogP contribution in [0.3, 0.4) is 0 Å². The van der Waals surface area contributed by atoms with Gasteiger partial charge in [0.05, 0.1) is 12.6 Å². The average molecular weight is 254 g/mol. The van der Waals surface area contributed by atoms with E-state index in [0.717, 1.165) is 6.42 Å². The lowest BCUT2D eigenvalue weighted by Crippen LogP contribution is -2.51. The highest BCUT2D eigenvalue weighted by molar-refractivity contribution is 6.07. The smallest absolute Gasteiger partial charge is 0.322 e. The molecule has 0 aromatic carbocycles. The fourth-order valence-corrected chi connectivity index (χ4v) is 2.48. The van der Waals surface area contributed by atoms with Crippen LogP contribution in [0.4, 0.5) is 4.79 Å². The second kappa shape index (κ2) is 4.56. The second-order valence-electron chi connectivity index (χ2n) is 4.90. The topological polar surface area (TPSA) is 105 Å². The Morgan fingerprint density at radius 3 is 2.83 bits per heavy atom. The van der Waals surface area contributed by atoms with Gasteiger partial charge in [0.25, 0.3) is 5.91 Å². The predicted octanol–water partition coefficient (Wildman–Crippen LogP) is -1.08. The fourth-order valence-electron chi connectivity index (χ4n) is 2.48. The van der Waals surface area contributed by atoms with Gasteiger partial charge in [0, 0.05) is 6.54 Å². The SMILES string of the molecule is CCC[C@@H](N)C(=O)N1CCC2(C1)NC(=O)NC2=O. The molecule has 7 heteroatoms. The lowest BCUT2D eigenvalue weighted by atomic mass is 9.99. The molecule has 18 heavy (non-hydrogen) atoms. The second-order valence-corrected chi connectivity index (χ2v) is 4.90. The summed E-state index contributed by atoms with van der Waals surface area (Å²) in [7, 11) is 0. The molecular weight excluding hydrogens is 236 g/mol. The van der Waals surface area contributed by atoms with Crippen LogP contribution in [0.25, 0.3) is 0 Å². The van der Waals surface area contributed by atoms with Crippen LogP contribution in [0.15, 0.2) is 0 Å². The summed E-state index contributed by atoms with van der Waals surface area (Å²) in [4.78, 5) is 36.4. The molecule has 2 aliphatic heterocycles. The summed E-state index contributed by atoms with van der Waals surface area (Å²) in [6, 6.07) is -1.02. The Labute approximate surface area is 105 Å². The van der Waals surface area contributed by atoms with E-state index in [-0.39, 0.29) is 18.4 Å². The molecule has 0 saturated carbocycles. The van der Waals surface area contributed by atoms with Gasteiger partial charge in [0.2, 0.25) is 5.91 Å². The summed E-state index contributed by atoms with van der Waals surface area (Å²) in [5.74, 6) is -0.505. The molecule has 7 nitrogen and oxygen atoms in total. The van der Waals surface area contributed by atoms with Crippen molar-refractivity contribution >= 4 is 17.8 Å². The standard InChI is InChI=1S/C11H18N4O3/c1-2-3-7(12)8(16)15-5-4-11(6-15)9(17)13-10(18)14-11/h7H,2-6,12H2,1H3,(H2,13,14,17,18)/t7-,11?/m1/s1. The first-order valence-corrected chi connectivity index (χ1v) is 6.16. The molecule has 0 radical (unpaired) electrons. The Morgan fingerprint density at radius 1 is 1.56 bits per heavy atom. The van der Waals surface area contributed by atoms with Gasteiger partial charge in [-0.05, 0) is 12.8 Å². The van der Waals surface area contributed by atoms with Crippen LogP contribution in [0.5, 0.6) is 0 Å². The number of nitrogens with one attached hydrogen (secondary N) is 2. The van der Waals surface area contributed by atoms with Crippen LogP contribution in [0, 0.1) is 0 Å². The van der Waals surface area contributed by atoms with E-state index < -0.39 is 17.6 Å². The Bertz CT molecular complexity index is 398. The fraction of sp³-hybridized carbons (Fsp3) is 0.727. The number of imide groups is 1.